The molecule has 0 aliphatic heterocycles. The lowest BCUT2D eigenvalue weighted by Gasteiger charge is -2.06. The second kappa shape index (κ2) is 9.18. The highest BCUT2D eigenvalue weighted by molar-refractivity contribution is 7.07. The second-order valence-corrected chi connectivity index (χ2v) is 7.85. The molecule has 0 amide bonds. The van der Waals surface area contributed by atoms with Crippen LogP contribution in [0.25, 0.3) is 11.3 Å². The Labute approximate surface area is 182 Å². The number of nitrogens with zero attached hydrogens (tertiary/aromatic N) is 4. The Bertz CT molecular complexity index is 1200. The van der Waals surface area contributed by atoms with E-state index in [1.54, 1.807) is 29.4 Å². The molecule has 0 aliphatic rings. The number of thiazole rings is 1. The van der Waals surface area contributed by atoms with Crippen LogP contribution in [0.5, 0.6) is 0 Å². The fraction of sp³-hybridized carbons (Fsp3) is 0.0455. The highest BCUT2D eigenvalue weighted by Crippen LogP contribution is 2.30. The molecule has 0 spiro atoms. The monoisotopic (exact) mass is 438 g/mol. The van der Waals surface area contributed by atoms with Gasteiger partial charge in [0, 0.05) is 33.9 Å². The minimum atomic E-state index is 0.565. The van der Waals surface area contributed by atoms with Crippen LogP contribution in [0, 0.1) is 0 Å². The van der Waals surface area contributed by atoms with Crippen molar-refractivity contribution < 1.29 is 0 Å². The summed E-state index contributed by atoms with van der Waals surface area (Å²) in [5, 5.41) is 7.82. The van der Waals surface area contributed by atoms with Crippen molar-refractivity contribution in [1.29, 1.82) is 0 Å². The van der Waals surface area contributed by atoms with Crippen molar-refractivity contribution in [2.45, 2.75) is 6.54 Å². The molecule has 0 bridgehead atoms. The van der Waals surface area contributed by atoms with Crippen LogP contribution in [-0.2, 0) is 6.54 Å². The van der Waals surface area contributed by atoms with Crippen molar-refractivity contribution in [1.82, 2.24) is 9.66 Å². The Morgan fingerprint density at radius 2 is 1.90 bits per heavy atom. The molecule has 0 N–H and O–H groups in total. The molecular formula is C22H16Cl2N4S. The average Bonchev–Trinajstić information content (AvgIpc) is 3.15. The minimum absolute atomic E-state index is 0.565. The van der Waals surface area contributed by atoms with Gasteiger partial charge in [0.1, 0.15) is 0 Å². The van der Waals surface area contributed by atoms with Crippen LogP contribution in [0.15, 0.2) is 88.5 Å². The van der Waals surface area contributed by atoms with Crippen molar-refractivity contribution in [2.24, 2.45) is 10.1 Å². The lowest BCUT2D eigenvalue weighted by atomic mass is 10.2. The third-order valence-corrected chi connectivity index (χ3v) is 5.54. The molecule has 0 fully saturated rings. The van der Waals surface area contributed by atoms with Crippen molar-refractivity contribution in [3.63, 3.8) is 0 Å². The van der Waals surface area contributed by atoms with Crippen LogP contribution < -0.4 is 4.80 Å². The van der Waals surface area contributed by atoms with E-state index in [9.17, 15) is 0 Å². The van der Waals surface area contributed by atoms with Crippen molar-refractivity contribution >= 4 is 40.8 Å². The summed E-state index contributed by atoms with van der Waals surface area (Å²) in [7, 11) is 0. The zero-order chi connectivity index (χ0) is 20.1. The smallest absolute Gasteiger partial charge is 0.206 e. The molecule has 7 heteroatoms. The van der Waals surface area contributed by atoms with E-state index in [4.69, 9.17) is 28.2 Å². The van der Waals surface area contributed by atoms with Crippen LogP contribution in [0.3, 0.4) is 0 Å². The van der Waals surface area contributed by atoms with E-state index in [0.717, 1.165) is 27.2 Å². The number of hydrogen-bond donors (Lipinski definition) is 0. The summed E-state index contributed by atoms with van der Waals surface area (Å²) >= 11 is 14.0. The van der Waals surface area contributed by atoms with Gasteiger partial charge < -0.3 is 0 Å². The summed E-state index contributed by atoms with van der Waals surface area (Å²) in [6, 6.07) is 19.4. The van der Waals surface area contributed by atoms with Gasteiger partial charge in [-0.15, -0.1) is 11.3 Å². The first-order valence-corrected chi connectivity index (χ1v) is 10.5. The fourth-order valence-corrected chi connectivity index (χ4v) is 4.05. The van der Waals surface area contributed by atoms with Gasteiger partial charge in [0.05, 0.1) is 23.5 Å². The van der Waals surface area contributed by atoms with E-state index >= 15 is 0 Å². The van der Waals surface area contributed by atoms with E-state index in [1.807, 2.05) is 47.8 Å². The molecule has 0 unspecified atom stereocenters. The molecule has 0 atom stereocenters. The third kappa shape index (κ3) is 4.82. The number of hydrogen-bond acceptors (Lipinski definition) is 4. The van der Waals surface area contributed by atoms with E-state index in [0.29, 0.717) is 16.6 Å². The molecular weight excluding hydrogens is 423 g/mol. The molecule has 0 saturated carbocycles. The zero-order valence-electron chi connectivity index (χ0n) is 15.2. The van der Waals surface area contributed by atoms with Gasteiger partial charge in [0.15, 0.2) is 0 Å². The summed E-state index contributed by atoms with van der Waals surface area (Å²) in [4.78, 5) is 9.67. The first-order valence-electron chi connectivity index (χ1n) is 8.85. The summed E-state index contributed by atoms with van der Waals surface area (Å²) in [5.41, 5.74) is 3.73. The lowest BCUT2D eigenvalue weighted by molar-refractivity contribution is 0.824. The van der Waals surface area contributed by atoms with Crippen LogP contribution in [0.2, 0.25) is 10.0 Å². The quantitative estimate of drug-likeness (QED) is 0.357. The van der Waals surface area contributed by atoms with Gasteiger partial charge in [-0.05, 0) is 29.8 Å². The van der Waals surface area contributed by atoms with Gasteiger partial charge in [-0.3, -0.25) is 9.98 Å². The first-order chi connectivity index (χ1) is 14.2. The van der Waals surface area contributed by atoms with Crippen LogP contribution in [0.4, 0.5) is 0 Å². The molecule has 144 valence electrons. The van der Waals surface area contributed by atoms with Crippen LogP contribution in [0.1, 0.15) is 11.1 Å². The van der Waals surface area contributed by atoms with Gasteiger partial charge in [0.2, 0.25) is 4.80 Å². The molecule has 0 radical (unpaired) electrons. The molecule has 29 heavy (non-hydrogen) atoms. The minimum Gasteiger partial charge on any atom is -0.264 e. The van der Waals surface area contributed by atoms with Gasteiger partial charge in [-0.25, -0.2) is 4.68 Å². The van der Waals surface area contributed by atoms with Crippen LogP contribution in [-0.4, -0.2) is 15.9 Å². The Morgan fingerprint density at radius 1 is 1.03 bits per heavy atom. The summed E-state index contributed by atoms with van der Waals surface area (Å²) in [6.07, 6.45) is 5.25. The van der Waals surface area contributed by atoms with Gasteiger partial charge in [0.25, 0.3) is 0 Å². The Hall–Kier alpha value is -2.73. The summed E-state index contributed by atoms with van der Waals surface area (Å²) in [5.74, 6) is 0. The Kier molecular flexibility index (Phi) is 6.20. The maximum atomic E-state index is 6.45. The molecule has 2 aromatic carbocycles. The molecule has 4 rings (SSSR count). The number of pyridine rings is 1. The van der Waals surface area contributed by atoms with E-state index in [2.05, 4.69) is 22.2 Å². The van der Waals surface area contributed by atoms with Crippen molar-refractivity contribution in [3.05, 3.63) is 104 Å². The van der Waals surface area contributed by atoms with Gasteiger partial charge in [-0.2, -0.15) is 5.10 Å². The highest BCUT2D eigenvalue weighted by atomic mass is 35.5. The van der Waals surface area contributed by atoms with Gasteiger partial charge in [-0.1, -0.05) is 59.6 Å². The van der Waals surface area contributed by atoms with Gasteiger partial charge >= 0.3 is 0 Å². The molecule has 0 saturated heterocycles. The number of aromatic nitrogens is 2. The zero-order valence-corrected chi connectivity index (χ0v) is 17.6. The lowest BCUT2D eigenvalue weighted by Crippen LogP contribution is -2.12. The molecule has 4 aromatic rings. The summed E-state index contributed by atoms with van der Waals surface area (Å²) < 4.78 is 1.80. The first kappa shape index (κ1) is 19.6. The fourth-order valence-electron chi connectivity index (χ4n) is 2.72. The SMILES string of the molecule is Clc1ccc(-c2csc(=NCc3ccccc3)n2N=Cc2cccnc2)c(Cl)c1. The number of halogens is 2. The molecule has 4 nitrogen and oxygen atoms in total. The maximum Gasteiger partial charge on any atom is 0.206 e. The topological polar surface area (TPSA) is 42.5 Å². The standard InChI is InChI=1S/C22H16Cl2N4S/c23-18-8-9-19(20(24)11-18)21-15-29-22(26-13-16-5-2-1-3-6-16)28(21)27-14-17-7-4-10-25-12-17/h1-12,14-15H,13H2. The second-order valence-electron chi connectivity index (χ2n) is 6.17. The highest BCUT2D eigenvalue weighted by Gasteiger charge is 2.11. The predicted molar refractivity (Wildman–Crippen MR) is 121 cm³/mol. The van der Waals surface area contributed by atoms with E-state index in [1.165, 1.54) is 11.3 Å². The van der Waals surface area contributed by atoms with Crippen molar-refractivity contribution in [2.75, 3.05) is 0 Å². The largest absolute Gasteiger partial charge is 0.264 e. The molecule has 2 aromatic heterocycles. The predicted octanol–water partition coefficient (Wildman–Crippen LogP) is 5.90. The molecule has 2 heterocycles. The third-order valence-electron chi connectivity index (χ3n) is 4.14. The number of rotatable bonds is 5. The normalized spacial score (nSPS) is 12.0. The Balaban J connectivity index is 1.79. The van der Waals surface area contributed by atoms with Crippen LogP contribution >= 0.6 is 34.5 Å². The maximum absolute atomic E-state index is 6.45. The average molecular weight is 439 g/mol. The summed E-state index contributed by atoms with van der Waals surface area (Å²) in [6.45, 7) is 0.567. The molecule has 0 aliphatic carbocycles. The van der Waals surface area contributed by atoms with Crippen molar-refractivity contribution in [3.8, 4) is 11.3 Å². The van der Waals surface area contributed by atoms with E-state index in [-0.39, 0.29) is 0 Å². The number of benzene rings is 2. The van der Waals surface area contributed by atoms with E-state index < -0.39 is 0 Å². The Morgan fingerprint density at radius 3 is 2.66 bits per heavy atom.